The monoisotopic (exact) mass is 423 g/mol. The van der Waals surface area contributed by atoms with Crippen molar-refractivity contribution in [3.8, 4) is 5.75 Å². The number of amides is 1. The summed E-state index contributed by atoms with van der Waals surface area (Å²) >= 11 is 6.09. The zero-order chi connectivity index (χ0) is 21.1. The van der Waals surface area contributed by atoms with E-state index in [4.69, 9.17) is 21.3 Å². The number of aryl methyl sites for hydroxylation is 2. The summed E-state index contributed by atoms with van der Waals surface area (Å²) < 4.78 is 8.17. The maximum atomic E-state index is 12.4. The third-order valence-electron chi connectivity index (χ3n) is 5.54. The van der Waals surface area contributed by atoms with E-state index in [1.165, 1.54) is 0 Å². The molecular weight excluding hydrogens is 398 g/mol. The molecule has 1 atom stereocenters. The number of para-hydroxylation sites is 2. The molecule has 3 aromatic rings. The van der Waals surface area contributed by atoms with Crippen LogP contribution in [0.1, 0.15) is 30.1 Å². The lowest BCUT2D eigenvalue weighted by molar-refractivity contribution is -0.127. The number of carbonyl (C=O) groups excluding carboxylic acids is 1. The zero-order valence-corrected chi connectivity index (χ0v) is 17.9. The smallest absolute Gasteiger partial charge is 0.223 e. The van der Waals surface area contributed by atoms with E-state index in [9.17, 15) is 4.79 Å². The minimum absolute atomic E-state index is 0.102. The van der Waals surface area contributed by atoms with Crippen LogP contribution in [0.3, 0.4) is 0 Å². The summed E-state index contributed by atoms with van der Waals surface area (Å²) in [6, 6.07) is 13.9. The number of rotatable bonds is 8. The molecule has 4 rings (SSSR count). The van der Waals surface area contributed by atoms with E-state index in [0.29, 0.717) is 26.1 Å². The first-order valence-electron chi connectivity index (χ1n) is 10.3. The molecular formula is C24H26ClN3O2. The lowest BCUT2D eigenvalue weighted by Gasteiger charge is -2.16. The molecule has 0 radical (unpaired) electrons. The standard InChI is InChI=1S/C24H26ClN3O2/c1-3-11-27-16-18(15-23(27)29)24-26-21-7-4-5-8-22(21)28(24)12-6-13-30-19-9-10-20(25)17(2)14-19/h3-5,7-10,14,18H,1,6,11-13,15-16H2,2H3/t18-/m1/s1. The van der Waals surface area contributed by atoms with Crippen molar-refractivity contribution in [2.24, 2.45) is 0 Å². The van der Waals surface area contributed by atoms with Crippen LogP contribution in [0.4, 0.5) is 0 Å². The average molecular weight is 424 g/mol. The largest absolute Gasteiger partial charge is 0.494 e. The summed E-state index contributed by atoms with van der Waals surface area (Å²) in [4.78, 5) is 19.1. The van der Waals surface area contributed by atoms with E-state index in [1.807, 2.05) is 48.2 Å². The van der Waals surface area contributed by atoms with Gasteiger partial charge in [0.15, 0.2) is 0 Å². The molecule has 0 aliphatic carbocycles. The molecule has 0 N–H and O–H groups in total. The highest BCUT2D eigenvalue weighted by molar-refractivity contribution is 6.31. The number of fused-ring (bicyclic) bond motifs is 1. The third kappa shape index (κ3) is 4.21. The van der Waals surface area contributed by atoms with Crippen molar-refractivity contribution in [1.82, 2.24) is 14.5 Å². The highest BCUT2D eigenvalue weighted by Gasteiger charge is 2.33. The Balaban J connectivity index is 1.48. The molecule has 1 aliphatic rings. The van der Waals surface area contributed by atoms with Gasteiger partial charge in [-0.2, -0.15) is 0 Å². The van der Waals surface area contributed by atoms with Crippen LogP contribution in [0.2, 0.25) is 5.02 Å². The van der Waals surface area contributed by atoms with E-state index in [1.54, 1.807) is 6.08 Å². The van der Waals surface area contributed by atoms with Crippen LogP contribution in [0.5, 0.6) is 5.75 Å². The van der Waals surface area contributed by atoms with Gasteiger partial charge in [-0.3, -0.25) is 4.79 Å². The molecule has 30 heavy (non-hydrogen) atoms. The Labute approximate surface area is 181 Å². The number of imidazole rings is 1. The number of halogens is 1. The van der Waals surface area contributed by atoms with Gasteiger partial charge in [0.1, 0.15) is 11.6 Å². The first kappa shape index (κ1) is 20.5. The number of aromatic nitrogens is 2. The Morgan fingerprint density at radius 2 is 2.13 bits per heavy atom. The predicted octanol–water partition coefficient (Wildman–Crippen LogP) is 4.97. The van der Waals surface area contributed by atoms with E-state index in [0.717, 1.165) is 46.2 Å². The van der Waals surface area contributed by atoms with Crippen molar-refractivity contribution in [2.45, 2.75) is 32.2 Å². The van der Waals surface area contributed by atoms with Gasteiger partial charge >= 0.3 is 0 Å². The fourth-order valence-electron chi connectivity index (χ4n) is 4.04. The van der Waals surface area contributed by atoms with Crippen LogP contribution >= 0.6 is 11.6 Å². The fourth-order valence-corrected chi connectivity index (χ4v) is 4.16. The normalized spacial score (nSPS) is 16.4. The van der Waals surface area contributed by atoms with Crippen molar-refractivity contribution >= 4 is 28.5 Å². The van der Waals surface area contributed by atoms with E-state index in [2.05, 4.69) is 17.2 Å². The van der Waals surface area contributed by atoms with Gasteiger partial charge in [0.05, 0.1) is 17.6 Å². The van der Waals surface area contributed by atoms with Crippen molar-refractivity contribution in [1.29, 1.82) is 0 Å². The van der Waals surface area contributed by atoms with Gasteiger partial charge in [0, 0.05) is 37.0 Å². The van der Waals surface area contributed by atoms with Crippen molar-refractivity contribution in [3.63, 3.8) is 0 Å². The first-order chi connectivity index (χ1) is 14.6. The summed E-state index contributed by atoms with van der Waals surface area (Å²) in [5, 5.41) is 0.744. The first-order valence-corrected chi connectivity index (χ1v) is 10.7. The number of hydrogen-bond donors (Lipinski definition) is 0. The zero-order valence-electron chi connectivity index (χ0n) is 17.2. The molecule has 1 saturated heterocycles. The minimum atomic E-state index is 0.102. The van der Waals surface area contributed by atoms with Crippen LogP contribution in [0, 0.1) is 6.92 Å². The van der Waals surface area contributed by atoms with Gasteiger partial charge in [-0.25, -0.2) is 4.98 Å². The molecule has 0 saturated carbocycles. The Kier molecular flexibility index (Phi) is 6.09. The highest BCUT2D eigenvalue weighted by atomic mass is 35.5. The fraction of sp³-hybridized carbons (Fsp3) is 0.333. The molecule has 0 bridgehead atoms. The topological polar surface area (TPSA) is 47.4 Å². The van der Waals surface area contributed by atoms with Crippen LogP contribution in [-0.4, -0.2) is 40.1 Å². The Morgan fingerprint density at radius 3 is 2.93 bits per heavy atom. The second-order valence-electron chi connectivity index (χ2n) is 7.71. The van der Waals surface area contributed by atoms with Crippen LogP contribution in [0.15, 0.2) is 55.1 Å². The van der Waals surface area contributed by atoms with Gasteiger partial charge in [-0.05, 0) is 49.2 Å². The van der Waals surface area contributed by atoms with Crippen molar-refractivity contribution in [2.75, 3.05) is 19.7 Å². The van der Waals surface area contributed by atoms with Crippen LogP contribution in [0.25, 0.3) is 11.0 Å². The van der Waals surface area contributed by atoms with Gasteiger partial charge in [-0.1, -0.05) is 29.8 Å². The highest BCUT2D eigenvalue weighted by Crippen LogP contribution is 2.30. The number of likely N-dealkylation sites (tertiary alicyclic amines) is 1. The predicted molar refractivity (Wildman–Crippen MR) is 120 cm³/mol. The molecule has 156 valence electrons. The van der Waals surface area contributed by atoms with E-state index in [-0.39, 0.29) is 11.8 Å². The number of nitrogens with zero attached hydrogens (tertiary/aromatic N) is 3. The number of hydrogen-bond acceptors (Lipinski definition) is 3. The summed E-state index contributed by atoms with van der Waals surface area (Å²) in [5.74, 6) is 2.08. The maximum Gasteiger partial charge on any atom is 0.223 e. The molecule has 1 aliphatic heterocycles. The van der Waals surface area contributed by atoms with Crippen LogP contribution < -0.4 is 4.74 Å². The summed E-state index contributed by atoms with van der Waals surface area (Å²) in [5.41, 5.74) is 3.08. The molecule has 1 aromatic heterocycles. The van der Waals surface area contributed by atoms with E-state index >= 15 is 0 Å². The van der Waals surface area contributed by atoms with Gasteiger partial charge in [0.2, 0.25) is 5.91 Å². The number of carbonyl (C=O) groups is 1. The summed E-state index contributed by atoms with van der Waals surface area (Å²) in [6.07, 6.45) is 3.11. The Morgan fingerprint density at radius 1 is 1.30 bits per heavy atom. The van der Waals surface area contributed by atoms with Crippen molar-refractivity contribution in [3.05, 3.63) is 71.5 Å². The van der Waals surface area contributed by atoms with Crippen LogP contribution in [-0.2, 0) is 11.3 Å². The Hall–Kier alpha value is -2.79. The molecule has 2 aromatic carbocycles. The average Bonchev–Trinajstić information content (AvgIpc) is 3.29. The summed E-state index contributed by atoms with van der Waals surface area (Å²) in [7, 11) is 0. The lowest BCUT2D eigenvalue weighted by atomic mass is 10.1. The number of benzene rings is 2. The molecule has 1 amide bonds. The minimum Gasteiger partial charge on any atom is -0.494 e. The SMILES string of the molecule is C=CCN1C[C@H](c2nc3ccccc3n2CCCOc2ccc(Cl)c(C)c2)CC1=O. The molecule has 6 heteroatoms. The quantitative estimate of drug-likeness (QED) is 0.379. The second-order valence-corrected chi connectivity index (χ2v) is 8.12. The maximum absolute atomic E-state index is 12.4. The molecule has 0 spiro atoms. The van der Waals surface area contributed by atoms with Gasteiger partial charge in [0.25, 0.3) is 0 Å². The molecule has 5 nitrogen and oxygen atoms in total. The van der Waals surface area contributed by atoms with Gasteiger partial charge < -0.3 is 14.2 Å². The molecule has 1 fully saturated rings. The third-order valence-corrected chi connectivity index (χ3v) is 5.96. The molecule has 0 unspecified atom stereocenters. The summed E-state index contributed by atoms with van der Waals surface area (Å²) in [6.45, 7) is 8.39. The van der Waals surface area contributed by atoms with E-state index < -0.39 is 0 Å². The van der Waals surface area contributed by atoms with Gasteiger partial charge in [-0.15, -0.1) is 6.58 Å². The number of ether oxygens (including phenoxy) is 1. The molecule has 2 heterocycles. The lowest BCUT2D eigenvalue weighted by Crippen LogP contribution is -2.25. The van der Waals surface area contributed by atoms with Crippen molar-refractivity contribution < 1.29 is 9.53 Å². The Bertz CT molecular complexity index is 1080. The second kappa shape index (κ2) is 8.92.